The lowest BCUT2D eigenvalue weighted by atomic mass is 9.72. The minimum atomic E-state index is -1.38. The van der Waals surface area contributed by atoms with Crippen LogP contribution in [0.1, 0.15) is 130 Å². The number of benzene rings is 2. The number of phenols is 2. The molecule has 77 heavy (non-hydrogen) atoms. The number of ether oxygens (including phenoxy) is 12. The molecule has 23 atom stereocenters. The van der Waals surface area contributed by atoms with E-state index in [2.05, 4.69) is 0 Å². The SMILES string of the molecule is Cc1cc(O)c2c(c1)C[C@@H](O)C1=C2C(=O)c2c(O)ccc(O[C@H]3C[C@@H](O)[C@H](O[C@H]4C[C@@H](O[C@H]5CC[C@H](O[C@H]6C[C@@H](O)[C@H](O[C@H]7C[C@@H](O[C@H]8CC[C@H](O)[C@H](C)O8)[C@H](O)[C@@H](C)O7)[C@@H](C)O6)[C@H](C)O5)[C@H](O)[C@@H](C)O4)[C@@H](C)O3)c2C1=O. The molecule has 0 bridgehead atoms. The first-order chi connectivity index (χ1) is 36.6. The third kappa shape index (κ3) is 11.6. The molecule has 0 saturated carbocycles. The molecule has 6 aliphatic heterocycles. The maximum absolute atomic E-state index is 14.2. The lowest BCUT2D eigenvalue weighted by molar-refractivity contribution is -0.340. The molecule has 0 unspecified atom stereocenters. The van der Waals surface area contributed by atoms with Crippen LogP contribution < -0.4 is 4.74 Å². The van der Waals surface area contributed by atoms with E-state index in [0.29, 0.717) is 36.8 Å². The molecule has 2 aliphatic carbocycles. The fourth-order valence-corrected chi connectivity index (χ4v) is 12.2. The summed E-state index contributed by atoms with van der Waals surface area (Å²) in [7, 11) is 0. The minimum Gasteiger partial charge on any atom is -0.507 e. The van der Waals surface area contributed by atoms with Crippen LogP contribution in [0.4, 0.5) is 0 Å². The van der Waals surface area contributed by atoms with Crippen molar-refractivity contribution in [2.75, 3.05) is 0 Å². The third-order valence-electron chi connectivity index (χ3n) is 16.3. The number of aromatic hydroxyl groups is 2. The van der Waals surface area contributed by atoms with E-state index >= 15 is 0 Å². The van der Waals surface area contributed by atoms with Gasteiger partial charge in [-0.25, -0.2) is 0 Å². The van der Waals surface area contributed by atoms with E-state index in [4.69, 9.17) is 56.8 Å². The van der Waals surface area contributed by atoms with Gasteiger partial charge in [-0.3, -0.25) is 9.59 Å². The van der Waals surface area contributed by atoms with Crippen molar-refractivity contribution in [3.05, 3.63) is 57.7 Å². The van der Waals surface area contributed by atoms with Crippen molar-refractivity contribution in [1.82, 2.24) is 0 Å². The Bertz CT molecular complexity index is 2480. The lowest BCUT2D eigenvalue weighted by Gasteiger charge is -2.45. The summed E-state index contributed by atoms with van der Waals surface area (Å²) in [5, 5.41) is 88.0. The summed E-state index contributed by atoms with van der Waals surface area (Å²) in [6.45, 7) is 12.2. The maximum Gasteiger partial charge on any atom is 0.202 e. The third-order valence-corrected chi connectivity index (χ3v) is 16.3. The van der Waals surface area contributed by atoms with Crippen LogP contribution >= 0.6 is 0 Å². The van der Waals surface area contributed by atoms with Crippen LogP contribution in [0, 0.1) is 6.92 Å². The summed E-state index contributed by atoms with van der Waals surface area (Å²) >= 11 is 0. The highest BCUT2D eigenvalue weighted by Crippen LogP contribution is 2.48. The summed E-state index contributed by atoms with van der Waals surface area (Å²) in [6.07, 6.45) is -16.2. The van der Waals surface area contributed by atoms with Crippen molar-refractivity contribution in [1.29, 1.82) is 0 Å². The number of ketones is 2. The Hall–Kier alpha value is -3.76. The van der Waals surface area contributed by atoms with Gasteiger partial charge in [-0.2, -0.15) is 0 Å². The molecule has 8 aliphatic rings. The van der Waals surface area contributed by atoms with Crippen LogP contribution in [-0.2, 0) is 58.5 Å². The monoisotopic (exact) mass is 1090 g/mol. The Morgan fingerprint density at radius 2 is 1.00 bits per heavy atom. The first-order valence-corrected chi connectivity index (χ1v) is 27.1. The van der Waals surface area contributed by atoms with E-state index in [1.54, 1.807) is 47.6 Å². The first-order valence-electron chi connectivity index (χ1n) is 27.1. The minimum absolute atomic E-state index is 0.0260. The Morgan fingerprint density at radius 3 is 1.58 bits per heavy atom. The molecule has 6 heterocycles. The van der Waals surface area contributed by atoms with Gasteiger partial charge in [-0.05, 0) is 90.6 Å². The van der Waals surface area contributed by atoms with E-state index < -0.39 is 159 Å². The Labute approximate surface area is 445 Å². The molecule has 2 aromatic rings. The van der Waals surface area contributed by atoms with Gasteiger partial charge in [0.1, 0.15) is 41.7 Å². The fourth-order valence-electron chi connectivity index (χ4n) is 12.2. The number of hydrogen-bond acceptors (Lipinski definition) is 22. The van der Waals surface area contributed by atoms with Gasteiger partial charge in [0.05, 0.1) is 90.5 Å². The predicted octanol–water partition coefficient (Wildman–Crippen LogP) is 2.85. The van der Waals surface area contributed by atoms with Gasteiger partial charge in [0.25, 0.3) is 0 Å². The Kier molecular flexibility index (Phi) is 16.9. The highest BCUT2D eigenvalue weighted by Gasteiger charge is 2.49. The summed E-state index contributed by atoms with van der Waals surface area (Å²) in [6, 6.07) is 5.70. The van der Waals surface area contributed by atoms with E-state index in [-0.39, 0.29) is 71.4 Å². The molecule has 0 radical (unpaired) electrons. The molecule has 8 N–H and O–H groups in total. The molecule has 6 saturated heterocycles. The number of aliphatic hydroxyl groups is 6. The molecule has 0 aromatic heterocycles. The molecule has 6 fully saturated rings. The zero-order chi connectivity index (χ0) is 54.9. The average Bonchev–Trinajstić information content (AvgIpc) is 3.41. The van der Waals surface area contributed by atoms with Crippen LogP contribution in [0.2, 0.25) is 0 Å². The standard InChI is InChI=1S/C55H74O22/c1-21-14-28-16-32(59)47-49(45(28)31(58)15-21)53(65)46-30(57)8-10-36(48(46)52(47)64)73-42-18-34(61)55(27(7)71-42)77-44-20-38(51(63)25(5)69-44)75-40-13-11-35(23(3)67-40)72-41-17-33(60)54(26(6)70-41)76-43-19-37(50(62)24(4)68-43)74-39-12-9-29(56)22(2)66-39/h8,10,14-15,22-27,29,32-35,37-44,50-51,54-63H,9,11-13,16-20H2,1-7H3/t22-,23-,24+,25+,26+,27+,29-,32+,33+,34+,35-,37+,38+,39-,40-,41-,42-,43-,44-,50+,51+,54+,55+/m0/s1. The molecule has 10 rings (SSSR count). The largest absolute Gasteiger partial charge is 0.507 e. The number of carbonyl (C=O) groups excluding carboxylic acids is 2. The summed E-state index contributed by atoms with van der Waals surface area (Å²) in [4.78, 5) is 28.4. The van der Waals surface area contributed by atoms with Crippen molar-refractivity contribution >= 4 is 17.1 Å². The number of aryl methyl sites for hydroxylation is 1. The fraction of sp³-hybridized carbons (Fsp3) is 0.709. The molecule has 22 nitrogen and oxygen atoms in total. The van der Waals surface area contributed by atoms with Crippen molar-refractivity contribution in [3.8, 4) is 17.2 Å². The lowest BCUT2D eigenvalue weighted by Crippen LogP contribution is -2.56. The maximum atomic E-state index is 14.2. The van der Waals surface area contributed by atoms with E-state index in [0.717, 1.165) is 0 Å². The van der Waals surface area contributed by atoms with Crippen LogP contribution in [0.5, 0.6) is 17.2 Å². The smallest absolute Gasteiger partial charge is 0.202 e. The summed E-state index contributed by atoms with van der Waals surface area (Å²) in [5.41, 5.74) is 0.302. The number of Topliss-reactive ketones (excluding diaryl/α,β-unsaturated/α-hetero) is 2. The number of hydrogen-bond donors (Lipinski definition) is 8. The molecule has 0 spiro atoms. The molecule has 426 valence electrons. The van der Waals surface area contributed by atoms with Crippen LogP contribution in [-0.4, -0.2) is 194 Å². The van der Waals surface area contributed by atoms with Crippen molar-refractivity contribution in [2.45, 2.75) is 248 Å². The predicted molar refractivity (Wildman–Crippen MR) is 264 cm³/mol. The number of allylic oxidation sites excluding steroid dienone is 1. The van der Waals surface area contributed by atoms with Crippen molar-refractivity contribution in [2.24, 2.45) is 0 Å². The normalized spacial score (nSPS) is 42.6. The van der Waals surface area contributed by atoms with Crippen LogP contribution in [0.25, 0.3) is 5.57 Å². The van der Waals surface area contributed by atoms with Crippen molar-refractivity contribution < 1.29 is 107 Å². The number of carbonyl (C=O) groups is 2. The summed E-state index contributed by atoms with van der Waals surface area (Å²) < 4.78 is 74.1. The second-order valence-corrected chi connectivity index (χ2v) is 22.1. The van der Waals surface area contributed by atoms with E-state index in [1.165, 1.54) is 18.2 Å². The summed E-state index contributed by atoms with van der Waals surface area (Å²) in [5.74, 6) is -2.36. The zero-order valence-electron chi connectivity index (χ0n) is 44.2. The first kappa shape index (κ1) is 56.5. The molecular formula is C55H74O22. The van der Waals surface area contributed by atoms with Gasteiger partial charge in [-0.15, -0.1) is 0 Å². The highest BCUT2D eigenvalue weighted by atomic mass is 16.8. The van der Waals surface area contributed by atoms with Gasteiger partial charge < -0.3 is 97.7 Å². The van der Waals surface area contributed by atoms with E-state index in [9.17, 15) is 50.4 Å². The molecular weight excluding hydrogens is 1010 g/mol. The molecule has 2 aromatic carbocycles. The average molecular weight is 1090 g/mol. The molecule has 22 heteroatoms. The Morgan fingerprint density at radius 1 is 0.481 bits per heavy atom. The van der Waals surface area contributed by atoms with Gasteiger partial charge in [0.15, 0.2) is 43.0 Å². The quantitative estimate of drug-likeness (QED) is 0.152. The van der Waals surface area contributed by atoms with Crippen LogP contribution in [0.15, 0.2) is 29.8 Å². The van der Waals surface area contributed by atoms with Crippen molar-refractivity contribution in [3.63, 3.8) is 0 Å². The number of aliphatic hydroxyl groups excluding tert-OH is 6. The number of phenolic OH excluding ortho intramolecular Hbond substituents is 2. The van der Waals surface area contributed by atoms with Gasteiger partial charge in [0.2, 0.25) is 6.29 Å². The second-order valence-electron chi connectivity index (χ2n) is 22.1. The highest BCUT2D eigenvalue weighted by molar-refractivity contribution is 6.42. The van der Waals surface area contributed by atoms with Crippen LogP contribution in [0.3, 0.4) is 0 Å². The van der Waals surface area contributed by atoms with Gasteiger partial charge in [-0.1, -0.05) is 6.07 Å². The Balaban J connectivity index is 0.699. The topological polar surface area (TPSA) is 307 Å². The zero-order valence-corrected chi connectivity index (χ0v) is 44.2. The molecule has 0 amide bonds. The van der Waals surface area contributed by atoms with Gasteiger partial charge in [0, 0.05) is 61.7 Å². The second kappa shape index (κ2) is 23.0. The number of fused-ring (bicyclic) bond motifs is 3. The van der Waals surface area contributed by atoms with Gasteiger partial charge >= 0.3 is 0 Å². The number of rotatable bonds is 12. The van der Waals surface area contributed by atoms with E-state index in [1.807, 2.05) is 6.92 Å².